The lowest BCUT2D eigenvalue weighted by molar-refractivity contribution is 0.0995. The third-order valence-electron chi connectivity index (χ3n) is 2.45. The minimum absolute atomic E-state index is 0.00104. The number of nitrogens with one attached hydrogen (secondary N) is 1. The summed E-state index contributed by atoms with van der Waals surface area (Å²) in [4.78, 5) is 12.0. The molecule has 2 N–H and O–H groups in total. The fraction of sp³-hybridized carbons (Fsp3) is 0.0833. The number of benzene rings is 1. The summed E-state index contributed by atoms with van der Waals surface area (Å²) in [5.41, 5.74) is 0.598. The first kappa shape index (κ1) is 14.1. The van der Waals surface area contributed by atoms with Crippen LogP contribution in [-0.2, 0) is 0 Å². The van der Waals surface area contributed by atoms with Crippen LogP contribution in [0.4, 0.5) is 5.69 Å². The fourth-order valence-electron chi connectivity index (χ4n) is 1.48. The number of phenols is 1. The van der Waals surface area contributed by atoms with Crippen molar-refractivity contribution in [1.29, 1.82) is 0 Å². The molecule has 1 aromatic heterocycles. The average Bonchev–Trinajstić information content (AvgIpc) is 2.78. The van der Waals surface area contributed by atoms with Gasteiger partial charge < -0.3 is 14.8 Å². The maximum absolute atomic E-state index is 12.0. The number of carbonyl (C=O) groups is 1. The molecule has 1 aromatic carbocycles. The lowest BCUT2D eigenvalue weighted by atomic mass is 10.2. The van der Waals surface area contributed by atoms with E-state index >= 15 is 0 Å². The van der Waals surface area contributed by atoms with Gasteiger partial charge in [0.15, 0.2) is 11.5 Å². The van der Waals surface area contributed by atoms with Crippen LogP contribution >= 0.6 is 34.8 Å². The Morgan fingerprint density at radius 3 is 2.58 bits per heavy atom. The highest BCUT2D eigenvalue weighted by molar-refractivity contribution is 6.46. The van der Waals surface area contributed by atoms with Gasteiger partial charge in [-0.25, -0.2) is 0 Å². The van der Waals surface area contributed by atoms with E-state index < -0.39 is 5.91 Å². The summed E-state index contributed by atoms with van der Waals surface area (Å²) in [5, 5.41) is 12.3. The molecule has 19 heavy (non-hydrogen) atoms. The lowest BCUT2D eigenvalue weighted by Gasteiger charge is -2.11. The summed E-state index contributed by atoms with van der Waals surface area (Å²) in [7, 11) is 0. The molecule has 0 unspecified atom stereocenters. The van der Waals surface area contributed by atoms with Crippen LogP contribution in [0.2, 0.25) is 15.1 Å². The van der Waals surface area contributed by atoms with Crippen molar-refractivity contribution in [3.05, 3.63) is 44.8 Å². The first-order chi connectivity index (χ1) is 8.91. The van der Waals surface area contributed by atoms with Crippen molar-refractivity contribution >= 4 is 46.4 Å². The molecule has 1 heterocycles. The number of hydrogen-bond acceptors (Lipinski definition) is 3. The molecule has 0 spiro atoms. The number of aromatic hydroxyl groups is 1. The Kier molecular flexibility index (Phi) is 3.94. The molecular formula is C12H8Cl3NO3. The molecular weight excluding hydrogens is 312 g/mol. The van der Waals surface area contributed by atoms with Gasteiger partial charge in [0.2, 0.25) is 0 Å². The van der Waals surface area contributed by atoms with Crippen LogP contribution in [0.3, 0.4) is 0 Å². The molecule has 0 bridgehead atoms. The van der Waals surface area contributed by atoms with E-state index in [4.69, 9.17) is 39.2 Å². The molecule has 0 fully saturated rings. The number of halogens is 3. The predicted octanol–water partition coefficient (Wildman–Crippen LogP) is 4.51. The lowest BCUT2D eigenvalue weighted by Crippen LogP contribution is -2.12. The van der Waals surface area contributed by atoms with Gasteiger partial charge in [0.05, 0.1) is 21.3 Å². The zero-order chi connectivity index (χ0) is 14.2. The number of amides is 1. The monoisotopic (exact) mass is 319 g/mol. The number of phenolic OH excluding ortho intramolecular Hbond substituents is 1. The van der Waals surface area contributed by atoms with Crippen molar-refractivity contribution in [3.8, 4) is 5.75 Å². The van der Waals surface area contributed by atoms with Gasteiger partial charge in [-0.05, 0) is 19.1 Å². The van der Waals surface area contributed by atoms with E-state index in [0.717, 1.165) is 0 Å². The molecule has 0 saturated carbocycles. The van der Waals surface area contributed by atoms with Crippen molar-refractivity contribution < 1.29 is 14.3 Å². The highest BCUT2D eigenvalue weighted by atomic mass is 35.5. The van der Waals surface area contributed by atoms with E-state index in [1.165, 1.54) is 12.3 Å². The minimum Gasteiger partial charge on any atom is -0.504 e. The molecule has 2 rings (SSSR count). The maximum atomic E-state index is 12.0. The standard InChI is InChI=1S/C12H8Cl3NO3/c1-5-2-3-19-11(5)12(18)16-9-8(15)6(13)4-7(14)10(9)17/h2-4,17H,1H3,(H,16,18). The Bertz CT molecular complexity index is 626. The smallest absolute Gasteiger partial charge is 0.291 e. The third-order valence-corrected chi connectivity index (χ3v) is 3.53. The first-order valence-corrected chi connectivity index (χ1v) is 6.27. The van der Waals surface area contributed by atoms with Gasteiger partial charge in [0.25, 0.3) is 5.91 Å². The van der Waals surface area contributed by atoms with Gasteiger partial charge in [-0.2, -0.15) is 0 Å². The van der Waals surface area contributed by atoms with Crippen LogP contribution in [0.5, 0.6) is 5.75 Å². The van der Waals surface area contributed by atoms with Gasteiger partial charge in [-0.3, -0.25) is 4.79 Å². The number of furan rings is 1. The van der Waals surface area contributed by atoms with Crippen molar-refractivity contribution in [2.45, 2.75) is 6.92 Å². The molecule has 1 amide bonds. The molecule has 0 aliphatic carbocycles. The van der Waals surface area contributed by atoms with Crippen molar-refractivity contribution in [2.75, 3.05) is 5.32 Å². The number of aryl methyl sites for hydroxylation is 1. The number of anilines is 1. The summed E-state index contributed by atoms with van der Waals surface area (Å²) in [6, 6.07) is 2.93. The summed E-state index contributed by atoms with van der Waals surface area (Å²) in [5.74, 6) is -0.793. The number of rotatable bonds is 2. The largest absolute Gasteiger partial charge is 0.504 e. The highest BCUT2D eigenvalue weighted by Gasteiger charge is 2.20. The zero-order valence-electron chi connectivity index (χ0n) is 9.63. The topological polar surface area (TPSA) is 62.5 Å². The van der Waals surface area contributed by atoms with Crippen molar-refractivity contribution in [3.63, 3.8) is 0 Å². The number of hydrogen-bond donors (Lipinski definition) is 2. The van der Waals surface area contributed by atoms with Gasteiger partial charge in [-0.15, -0.1) is 0 Å². The molecule has 2 aromatic rings. The van der Waals surface area contributed by atoms with E-state index in [1.807, 2.05) is 0 Å². The second-order valence-corrected chi connectivity index (χ2v) is 4.96. The molecule has 0 radical (unpaired) electrons. The van der Waals surface area contributed by atoms with Crippen LogP contribution in [0.1, 0.15) is 16.1 Å². The third kappa shape index (κ3) is 2.66. The Morgan fingerprint density at radius 1 is 1.32 bits per heavy atom. The molecule has 0 aliphatic rings. The van der Waals surface area contributed by atoms with Crippen LogP contribution < -0.4 is 5.32 Å². The van der Waals surface area contributed by atoms with Crippen LogP contribution in [-0.4, -0.2) is 11.0 Å². The van der Waals surface area contributed by atoms with Crippen molar-refractivity contribution in [1.82, 2.24) is 0 Å². The summed E-state index contributed by atoms with van der Waals surface area (Å²) < 4.78 is 5.04. The quantitative estimate of drug-likeness (QED) is 0.632. The number of carbonyl (C=O) groups excluding carboxylic acids is 1. The van der Waals surface area contributed by atoms with E-state index in [1.54, 1.807) is 13.0 Å². The van der Waals surface area contributed by atoms with Crippen molar-refractivity contribution in [2.24, 2.45) is 0 Å². The maximum Gasteiger partial charge on any atom is 0.291 e. The average molecular weight is 321 g/mol. The zero-order valence-corrected chi connectivity index (χ0v) is 11.9. The van der Waals surface area contributed by atoms with E-state index in [2.05, 4.69) is 5.32 Å². The van der Waals surface area contributed by atoms with Gasteiger partial charge in [0, 0.05) is 5.56 Å². The van der Waals surface area contributed by atoms with Crippen LogP contribution in [0.25, 0.3) is 0 Å². The van der Waals surface area contributed by atoms with Crippen LogP contribution in [0, 0.1) is 6.92 Å². The fourth-order valence-corrected chi connectivity index (χ4v) is 2.13. The van der Waals surface area contributed by atoms with E-state index in [-0.39, 0.29) is 32.3 Å². The van der Waals surface area contributed by atoms with E-state index in [0.29, 0.717) is 5.56 Å². The van der Waals surface area contributed by atoms with Gasteiger partial charge in [0.1, 0.15) is 5.69 Å². The van der Waals surface area contributed by atoms with Gasteiger partial charge >= 0.3 is 0 Å². The Balaban J connectivity index is 2.40. The first-order valence-electron chi connectivity index (χ1n) is 5.13. The molecule has 7 heteroatoms. The van der Waals surface area contributed by atoms with Crippen LogP contribution in [0.15, 0.2) is 22.8 Å². The summed E-state index contributed by atoms with van der Waals surface area (Å²) in [6.07, 6.45) is 1.39. The molecule has 0 saturated heterocycles. The molecule has 4 nitrogen and oxygen atoms in total. The Labute approximate surface area is 123 Å². The second-order valence-electron chi connectivity index (χ2n) is 3.76. The second kappa shape index (κ2) is 5.33. The minimum atomic E-state index is -0.557. The SMILES string of the molecule is Cc1ccoc1C(=O)Nc1c(O)c(Cl)cc(Cl)c1Cl. The highest BCUT2D eigenvalue weighted by Crippen LogP contribution is 2.42. The normalized spacial score (nSPS) is 10.5. The summed E-state index contributed by atoms with van der Waals surface area (Å²) in [6.45, 7) is 1.71. The Morgan fingerprint density at radius 2 is 2.00 bits per heavy atom. The molecule has 0 atom stereocenters. The van der Waals surface area contributed by atoms with Gasteiger partial charge in [-0.1, -0.05) is 34.8 Å². The molecule has 0 aliphatic heterocycles. The predicted molar refractivity (Wildman–Crippen MR) is 74.5 cm³/mol. The van der Waals surface area contributed by atoms with E-state index in [9.17, 15) is 9.90 Å². The summed E-state index contributed by atoms with van der Waals surface area (Å²) >= 11 is 17.5. The molecule has 100 valence electrons. The Hall–Kier alpha value is -1.36.